The van der Waals surface area contributed by atoms with E-state index in [1.807, 2.05) is 30.0 Å². The molecule has 28 heavy (non-hydrogen) atoms. The second-order valence-corrected chi connectivity index (χ2v) is 6.62. The molecule has 0 N–H and O–H groups in total. The number of rotatable bonds is 4. The van der Waals surface area contributed by atoms with Gasteiger partial charge in [0.15, 0.2) is 11.3 Å². The second-order valence-electron chi connectivity index (χ2n) is 6.62. The third-order valence-electron chi connectivity index (χ3n) is 4.64. The summed E-state index contributed by atoms with van der Waals surface area (Å²) in [6.45, 7) is 1.00. The minimum Gasteiger partial charge on any atom is -0.423 e. The standard InChI is InChI=1S/C18H19F2N5O3/c1-11-3-4-14-12(9-11)21-18(27-14)25-7-5-24(6-8-25)16(26)13-10-15(23(2)22-13)28-17(19)20/h3-4,9-10,17H,5-8H2,1-2H3. The van der Waals surface area contributed by atoms with Crippen molar-refractivity contribution in [1.29, 1.82) is 0 Å². The molecule has 1 amide bonds. The van der Waals surface area contributed by atoms with Crippen molar-refractivity contribution in [3.63, 3.8) is 0 Å². The van der Waals surface area contributed by atoms with Crippen molar-refractivity contribution in [3.05, 3.63) is 35.5 Å². The minimum absolute atomic E-state index is 0.0731. The molecule has 0 aliphatic carbocycles. The van der Waals surface area contributed by atoms with Gasteiger partial charge in [0.25, 0.3) is 11.9 Å². The van der Waals surface area contributed by atoms with Gasteiger partial charge in [0.05, 0.1) is 0 Å². The van der Waals surface area contributed by atoms with Crippen LogP contribution in [0.25, 0.3) is 11.1 Å². The highest BCUT2D eigenvalue weighted by Gasteiger charge is 2.27. The summed E-state index contributed by atoms with van der Waals surface area (Å²) >= 11 is 0. The number of fused-ring (bicyclic) bond motifs is 1. The van der Waals surface area contributed by atoms with E-state index >= 15 is 0 Å². The summed E-state index contributed by atoms with van der Waals surface area (Å²) in [5.41, 5.74) is 2.70. The Labute approximate surface area is 159 Å². The molecular weight excluding hydrogens is 372 g/mol. The van der Waals surface area contributed by atoms with Crippen molar-refractivity contribution >= 4 is 23.0 Å². The Morgan fingerprint density at radius 1 is 1.21 bits per heavy atom. The molecule has 0 saturated carbocycles. The zero-order chi connectivity index (χ0) is 19.8. The molecule has 0 atom stereocenters. The van der Waals surface area contributed by atoms with Gasteiger partial charge in [-0.1, -0.05) is 6.07 Å². The summed E-state index contributed by atoms with van der Waals surface area (Å²) in [5.74, 6) is -0.480. The predicted molar refractivity (Wildman–Crippen MR) is 96.7 cm³/mol. The number of hydrogen-bond donors (Lipinski definition) is 0. The Kier molecular flexibility index (Phi) is 4.62. The lowest BCUT2D eigenvalue weighted by Gasteiger charge is -2.33. The molecule has 8 nitrogen and oxygen atoms in total. The molecule has 1 aliphatic rings. The van der Waals surface area contributed by atoms with E-state index in [-0.39, 0.29) is 17.5 Å². The molecule has 2 aromatic heterocycles. The fourth-order valence-corrected chi connectivity index (χ4v) is 3.18. The molecule has 0 radical (unpaired) electrons. The maximum absolute atomic E-state index is 12.6. The number of oxazole rings is 1. The van der Waals surface area contributed by atoms with E-state index in [9.17, 15) is 13.6 Å². The Balaban J connectivity index is 1.42. The summed E-state index contributed by atoms with van der Waals surface area (Å²) in [6, 6.07) is 7.57. The number of carbonyl (C=O) groups excluding carboxylic acids is 1. The van der Waals surface area contributed by atoms with Gasteiger partial charge in [0.1, 0.15) is 5.52 Å². The Morgan fingerprint density at radius 2 is 1.96 bits per heavy atom. The van der Waals surface area contributed by atoms with E-state index in [1.54, 1.807) is 4.90 Å². The molecule has 148 valence electrons. The molecule has 0 spiro atoms. The number of alkyl halides is 2. The zero-order valence-corrected chi connectivity index (χ0v) is 15.4. The van der Waals surface area contributed by atoms with Crippen molar-refractivity contribution in [2.45, 2.75) is 13.5 Å². The van der Waals surface area contributed by atoms with Crippen LogP contribution in [0.3, 0.4) is 0 Å². The highest BCUT2D eigenvalue weighted by Crippen LogP contribution is 2.24. The summed E-state index contributed by atoms with van der Waals surface area (Å²) in [5, 5.41) is 3.98. The number of halogens is 2. The van der Waals surface area contributed by atoms with E-state index in [0.717, 1.165) is 21.3 Å². The first-order valence-corrected chi connectivity index (χ1v) is 8.81. The largest absolute Gasteiger partial charge is 0.423 e. The monoisotopic (exact) mass is 391 g/mol. The van der Waals surface area contributed by atoms with Crippen LogP contribution in [0, 0.1) is 6.92 Å². The van der Waals surface area contributed by atoms with Gasteiger partial charge in [-0.05, 0) is 24.6 Å². The van der Waals surface area contributed by atoms with Crippen molar-refractivity contribution in [2.75, 3.05) is 31.1 Å². The second kappa shape index (κ2) is 7.10. The topological polar surface area (TPSA) is 76.6 Å². The van der Waals surface area contributed by atoms with Crippen LogP contribution >= 0.6 is 0 Å². The smallest absolute Gasteiger partial charge is 0.388 e. The number of hydrogen-bond acceptors (Lipinski definition) is 6. The lowest BCUT2D eigenvalue weighted by molar-refractivity contribution is -0.0553. The molecule has 1 aliphatic heterocycles. The van der Waals surface area contributed by atoms with Crippen molar-refractivity contribution < 1.29 is 22.7 Å². The van der Waals surface area contributed by atoms with Crippen LogP contribution in [0.4, 0.5) is 14.8 Å². The van der Waals surface area contributed by atoms with E-state index in [2.05, 4.69) is 14.8 Å². The molecule has 0 unspecified atom stereocenters. The van der Waals surface area contributed by atoms with Gasteiger partial charge in [-0.3, -0.25) is 4.79 Å². The highest BCUT2D eigenvalue weighted by atomic mass is 19.3. The van der Waals surface area contributed by atoms with Gasteiger partial charge < -0.3 is 19.0 Å². The molecule has 3 heterocycles. The predicted octanol–water partition coefficient (Wildman–Crippen LogP) is 2.43. The number of amides is 1. The molecule has 3 aromatic rings. The molecule has 1 aromatic carbocycles. The van der Waals surface area contributed by atoms with Crippen molar-refractivity contribution in [2.24, 2.45) is 7.05 Å². The summed E-state index contributed by atoms with van der Waals surface area (Å²) in [4.78, 5) is 20.7. The number of anilines is 1. The molecular formula is C18H19F2N5O3. The van der Waals surface area contributed by atoms with Crippen LogP contribution < -0.4 is 9.64 Å². The third kappa shape index (κ3) is 3.49. The first-order chi connectivity index (χ1) is 13.4. The number of nitrogens with zero attached hydrogens (tertiary/aromatic N) is 5. The Bertz CT molecular complexity index is 1010. The van der Waals surface area contributed by atoms with Gasteiger partial charge in [0.2, 0.25) is 5.88 Å². The van der Waals surface area contributed by atoms with Crippen LogP contribution in [0.1, 0.15) is 16.1 Å². The average Bonchev–Trinajstić information content (AvgIpc) is 3.24. The van der Waals surface area contributed by atoms with E-state index in [4.69, 9.17) is 4.42 Å². The number of aryl methyl sites for hydroxylation is 2. The number of aromatic nitrogens is 3. The zero-order valence-electron chi connectivity index (χ0n) is 15.4. The average molecular weight is 391 g/mol. The van der Waals surface area contributed by atoms with Crippen LogP contribution in [-0.2, 0) is 7.05 Å². The van der Waals surface area contributed by atoms with Crippen molar-refractivity contribution in [1.82, 2.24) is 19.7 Å². The van der Waals surface area contributed by atoms with Gasteiger partial charge >= 0.3 is 6.61 Å². The molecule has 0 bridgehead atoms. The normalized spacial score (nSPS) is 14.9. The third-order valence-corrected chi connectivity index (χ3v) is 4.64. The highest BCUT2D eigenvalue weighted by molar-refractivity contribution is 5.92. The van der Waals surface area contributed by atoms with Crippen LogP contribution in [0.2, 0.25) is 0 Å². The minimum atomic E-state index is -2.97. The maximum atomic E-state index is 12.6. The molecule has 1 fully saturated rings. The number of piperazine rings is 1. The number of ether oxygens (including phenoxy) is 1. The lowest BCUT2D eigenvalue weighted by atomic mass is 10.2. The SMILES string of the molecule is Cc1ccc2oc(N3CCN(C(=O)c4cc(OC(F)F)n(C)n4)CC3)nc2c1. The Hall–Kier alpha value is -3.17. The van der Waals surface area contributed by atoms with E-state index < -0.39 is 6.61 Å². The van der Waals surface area contributed by atoms with Gasteiger partial charge in [-0.2, -0.15) is 18.9 Å². The van der Waals surface area contributed by atoms with Gasteiger partial charge in [-0.15, -0.1) is 0 Å². The first kappa shape index (κ1) is 18.2. The van der Waals surface area contributed by atoms with Gasteiger partial charge in [0, 0.05) is 39.3 Å². The summed E-state index contributed by atoms with van der Waals surface area (Å²) < 4.78 is 36.1. The summed E-state index contributed by atoms with van der Waals surface area (Å²) in [7, 11) is 1.45. The molecule has 10 heteroatoms. The Morgan fingerprint density at radius 3 is 2.68 bits per heavy atom. The van der Waals surface area contributed by atoms with Gasteiger partial charge in [-0.25, -0.2) is 4.68 Å². The first-order valence-electron chi connectivity index (χ1n) is 8.81. The fraction of sp³-hybridized carbons (Fsp3) is 0.389. The van der Waals surface area contributed by atoms with Crippen LogP contribution in [-0.4, -0.2) is 58.4 Å². The lowest BCUT2D eigenvalue weighted by Crippen LogP contribution is -2.49. The maximum Gasteiger partial charge on any atom is 0.388 e. The molecule has 1 saturated heterocycles. The van der Waals surface area contributed by atoms with E-state index in [1.165, 1.54) is 13.1 Å². The van der Waals surface area contributed by atoms with Crippen molar-refractivity contribution in [3.8, 4) is 5.88 Å². The number of carbonyl (C=O) groups is 1. The van der Waals surface area contributed by atoms with E-state index in [0.29, 0.717) is 32.2 Å². The van der Waals surface area contributed by atoms with Crippen LogP contribution in [0.15, 0.2) is 28.7 Å². The summed E-state index contributed by atoms with van der Waals surface area (Å²) in [6.07, 6.45) is 0. The van der Waals surface area contributed by atoms with Crippen LogP contribution in [0.5, 0.6) is 5.88 Å². The quantitative estimate of drug-likeness (QED) is 0.680. The molecule has 4 rings (SSSR count). The number of benzene rings is 1. The fourth-order valence-electron chi connectivity index (χ4n) is 3.18.